The number of ketones is 2. The van der Waals surface area contributed by atoms with Crippen LogP contribution in [0.3, 0.4) is 0 Å². The smallest absolute Gasteiger partial charge is 0.186 e. The van der Waals surface area contributed by atoms with E-state index in [4.69, 9.17) is 0 Å². The Morgan fingerprint density at radius 1 is 0.941 bits per heavy atom. The Morgan fingerprint density at radius 3 is 2.35 bits per heavy atom. The number of carbonyl (C=O) groups is 2. The Bertz CT molecular complexity index is 543. The van der Waals surface area contributed by atoms with Crippen molar-refractivity contribution >= 4 is 17.6 Å². The van der Waals surface area contributed by atoms with Crippen molar-refractivity contribution in [3.8, 4) is 0 Å². The average Bonchev–Trinajstić information content (AvgIpc) is 2.32. The summed E-state index contributed by atoms with van der Waals surface area (Å²) in [5.41, 5.74) is 2.62. The summed E-state index contributed by atoms with van der Waals surface area (Å²) < 4.78 is 0. The first-order chi connectivity index (χ1) is 8.15. The van der Waals surface area contributed by atoms with E-state index in [0.29, 0.717) is 5.57 Å². The van der Waals surface area contributed by atoms with Crippen molar-refractivity contribution in [3.63, 3.8) is 0 Å². The summed E-state index contributed by atoms with van der Waals surface area (Å²) >= 11 is 0. The molecule has 1 aromatic carbocycles. The number of carbonyl (C=O) groups excluding carboxylic acids is 2. The van der Waals surface area contributed by atoms with Crippen LogP contribution in [0.15, 0.2) is 54.1 Å². The molecule has 1 aromatic rings. The molecule has 1 aliphatic carbocycles. The molecule has 2 heteroatoms. The highest BCUT2D eigenvalue weighted by molar-refractivity contribution is 6.18. The second-order valence-electron chi connectivity index (χ2n) is 3.94. The zero-order valence-corrected chi connectivity index (χ0v) is 9.51. The minimum atomic E-state index is -0.145. The number of hydrogen-bond donors (Lipinski definition) is 0. The van der Waals surface area contributed by atoms with Gasteiger partial charge in [0, 0.05) is 5.57 Å². The van der Waals surface area contributed by atoms with Gasteiger partial charge in [-0.15, -0.1) is 0 Å². The molecule has 0 fully saturated rings. The summed E-state index contributed by atoms with van der Waals surface area (Å²) in [7, 11) is 0. The van der Waals surface area contributed by atoms with Gasteiger partial charge in [-0.05, 0) is 30.7 Å². The van der Waals surface area contributed by atoms with E-state index >= 15 is 0 Å². The van der Waals surface area contributed by atoms with Crippen LogP contribution in [-0.4, -0.2) is 11.6 Å². The molecule has 0 aromatic heterocycles. The van der Waals surface area contributed by atoms with E-state index in [0.717, 1.165) is 5.56 Å². The Balaban J connectivity index is 2.18. The van der Waals surface area contributed by atoms with Crippen molar-refractivity contribution in [3.05, 3.63) is 65.3 Å². The van der Waals surface area contributed by atoms with Crippen LogP contribution in [0.4, 0.5) is 0 Å². The molecule has 0 spiro atoms. The number of aryl methyl sites for hydroxylation is 1. The standard InChI is InChI=1S/C15H12O2/c1-11-2-4-12(5-3-11)6-7-13-10-14(16)8-9-15(13)17/h2-10H,1H3/b7-6+. The second kappa shape index (κ2) is 4.74. The molecule has 84 valence electrons. The predicted molar refractivity (Wildman–Crippen MR) is 67.5 cm³/mol. The van der Waals surface area contributed by atoms with Crippen molar-refractivity contribution in [1.82, 2.24) is 0 Å². The van der Waals surface area contributed by atoms with Gasteiger partial charge >= 0.3 is 0 Å². The van der Waals surface area contributed by atoms with Crippen molar-refractivity contribution in [1.29, 1.82) is 0 Å². The molecular formula is C15H12O2. The molecule has 0 unspecified atom stereocenters. The molecule has 0 saturated heterocycles. The van der Waals surface area contributed by atoms with Crippen molar-refractivity contribution in [2.24, 2.45) is 0 Å². The largest absolute Gasteiger partial charge is 0.290 e. The molecule has 2 nitrogen and oxygen atoms in total. The maximum atomic E-state index is 11.5. The normalized spacial score (nSPS) is 15.5. The third-order valence-corrected chi connectivity index (χ3v) is 2.51. The minimum Gasteiger partial charge on any atom is -0.290 e. The molecule has 2 rings (SSSR count). The van der Waals surface area contributed by atoms with Crippen molar-refractivity contribution in [2.75, 3.05) is 0 Å². The van der Waals surface area contributed by atoms with Gasteiger partial charge in [-0.1, -0.05) is 42.0 Å². The lowest BCUT2D eigenvalue weighted by atomic mass is 10.0. The molecule has 0 N–H and O–H groups in total. The van der Waals surface area contributed by atoms with Crippen LogP contribution in [0.5, 0.6) is 0 Å². The molecule has 0 bridgehead atoms. The Morgan fingerprint density at radius 2 is 1.65 bits per heavy atom. The van der Waals surface area contributed by atoms with Gasteiger partial charge in [-0.25, -0.2) is 0 Å². The van der Waals surface area contributed by atoms with Gasteiger partial charge < -0.3 is 0 Å². The number of allylic oxidation sites excluding steroid dienone is 5. The minimum absolute atomic E-state index is 0.132. The molecule has 0 heterocycles. The Labute approximate surface area is 100.0 Å². The lowest BCUT2D eigenvalue weighted by Gasteiger charge is -2.01. The van der Waals surface area contributed by atoms with Gasteiger partial charge in [0.25, 0.3) is 0 Å². The second-order valence-corrected chi connectivity index (χ2v) is 3.94. The third-order valence-electron chi connectivity index (χ3n) is 2.51. The van der Waals surface area contributed by atoms with Crippen LogP contribution in [0.2, 0.25) is 0 Å². The molecule has 17 heavy (non-hydrogen) atoms. The van der Waals surface area contributed by atoms with Crippen molar-refractivity contribution < 1.29 is 9.59 Å². The SMILES string of the molecule is Cc1ccc(/C=C/C2=CC(=O)C=CC2=O)cc1. The fraction of sp³-hybridized carbons (Fsp3) is 0.0667. The number of rotatable bonds is 2. The zero-order valence-electron chi connectivity index (χ0n) is 9.51. The average molecular weight is 224 g/mol. The number of benzene rings is 1. The fourth-order valence-electron chi connectivity index (χ4n) is 1.52. The summed E-state index contributed by atoms with van der Waals surface area (Å²) in [5, 5.41) is 0. The first-order valence-corrected chi connectivity index (χ1v) is 5.38. The maximum Gasteiger partial charge on any atom is 0.186 e. The van der Waals surface area contributed by atoms with Crippen LogP contribution < -0.4 is 0 Å². The maximum absolute atomic E-state index is 11.5. The van der Waals surface area contributed by atoms with Crippen LogP contribution in [0.25, 0.3) is 6.08 Å². The van der Waals surface area contributed by atoms with E-state index in [2.05, 4.69) is 0 Å². The van der Waals surface area contributed by atoms with Gasteiger partial charge in [-0.2, -0.15) is 0 Å². The van der Waals surface area contributed by atoms with E-state index in [9.17, 15) is 9.59 Å². The van der Waals surface area contributed by atoms with E-state index in [1.165, 1.54) is 23.8 Å². The first kappa shape index (κ1) is 11.3. The van der Waals surface area contributed by atoms with E-state index in [1.807, 2.05) is 37.3 Å². The van der Waals surface area contributed by atoms with Crippen LogP contribution >= 0.6 is 0 Å². The van der Waals surface area contributed by atoms with Gasteiger partial charge in [0.2, 0.25) is 0 Å². The van der Waals surface area contributed by atoms with Crippen LogP contribution in [0.1, 0.15) is 11.1 Å². The van der Waals surface area contributed by atoms with Gasteiger partial charge in [0.1, 0.15) is 0 Å². The fourth-order valence-corrected chi connectivity index (χ4v) is 1.52. The molecule has 0 radical (unpaired) electrons. The Kier molecular flexibility index (Phi) is 3.15. The van der Waals surface area contributed by atoms with E-state index in [1.54, 1.807) is 6.08 Å². The summed E-state index contributed by atoms with van der Waals surface area (Å²) in [6.07, 6.45) is 7.44. The van der Waals surface area contributed by atoms with Crippen LogP contribution in [-0.2, 0) is 9.59 Å². The van der Waals surface area contributed by atoms with Crippen LogP contribution in [0, 0.1) is 6.92 Å². The lowest BCUT2D eigenvalue weighted by molar-refractivity contribution is -0.114. The molecule has 0 atom stereocenters. The van der Waals surface area contributed by atoms with Gasteiger partial charge in [0.05, 0.1) is 0 Å². The summed E-state index contributed by atoms with van der Waals surface area (Å²) in [5.74, 6) is -0.277. The number of hydrogen-bond acceptors (Lipinski definition) is 2. The topological polar surface area (TPSA) is 34.1 Å². The zero-order chi connectivity index (χ0) is 12.3. The highest BCUT2D eigenvalue weighted by Crippen LogP contribution is 2.11. The predicted octanol–water partition coefficient (Wildman–Crippen LogP) is 2.64. The summed E-state index contributed by atoms with van der Waals surface area (Å²) in [4.78, 5) is 22.6. The summed E-state index contributed by atoms with van der Waals surface area (Å²) in [6, 6.07) is 7.94. The van der Waals surface area contributed by atoms with Gasteiger partial charge in [-0.3, -0.25) is 9.59 Å². The van der Waals surface area contributed by atoms with E-state index in [-0.39, 0.29) is 11.6 Å². The summed E-state index contributed by atoms with van der Waals surface area (Å²) in [6.45, 7) is 2.02. The molecule has 1 aliphatic rings. The molecule has 0 amide bonds. The highest BCUT2D eigenvalue weighted by Gasteiger charge is 2.09. The quantitative estimate of drug-likeness (QED) is 0.724. The van der Waals surface area contributed by atoms with Gasteiger partial charge in [0.15, 0.2) is 11.6 Å². The highest BCUT2D eigenvalue weighted by atomic mass is 16.1. The molecule has 0 aliphatic heterocycles. The lowest BCUT2D eigenvalue weighted by Crippen LogP contribution is -2.05. The molecule has 0 saturated carbocycles. The first-order valence-electron chi connectivity index (χ1n) is 5.38. The monoisotopic (exact) mass is 224 g/mol. The van der Waals surface area contributed by atoms with E-state index < -0.39 is 0 Å². The molecular weight excluding hydrogens is 212 g/mol. The Hall–Kier alpha value is -2.22. The third kappa shape index (κ3) is 2.88. The van der Waals surface area contributed by atoms with Crippen molar-refractivity contribution in [2.45, 2.75) is 6.92 Å².